The van der Waals surface area contributed by atoms with Crippen LogP contribution in [0.15, 0.2) is 42.6 Å². The van der Waals surface area contributed by atoms with Crippen LogP contribution < -0.4 is 10.6 Å². The molecule has 1 aromatic heterocycles. The van der Waals surface area contributed by atoms with E-state index in [0.29, 0.717) is 11.4 Å². The second-order valence-corrected chi connectivity index (χ2v) is 3.82. The number of aromatic nitrogens is 1. The van der Waals surface area contributed by atoms with Gasteiger partial charge in [0.25, 0.3) is 0 Å². The highest BCUT2D eigenvalue weighted by molar-refractivity contribution is 6.00. The molecule has 0 radical (unpaired) electrons. The summed E-state index contributed by atoms with van der Waals surface area (Å²) in [6.45, 7) is 0. The summed E-state index contributed by atoms with van der Waals surface area (Å²) in [5.74, 6) is 0.226. The summed E-state index contributed by atoms with van der Waals surface area (Å²) in [6.07, 6.45) is 1.63. The zero-order valence-corrected chi connectivity index (χ0v) is 9.89. The van der Waals surface area contributed by atoms with Gasteiger partial charge < -0.3 is 10.6 Å². The molecule has 0 aliphatic rings. The van der Waals surface area contributed by atoms with E-state index >= 15 is 0 Å². The number of halogens is 1. The summed E-state index contributed by atoms with van der Waals surface area (Å²) in [7, 11) is 1.79. The molecule has 0 unspecified atom stereocenters. The lowest BCUT2D eigenvalue weighted by atomic mass is 10.2. The van der Waals surface area contributed by atoms with E-state index in [0.717, 1.165) is 5.69 Å². The van der Waals surface area contributed by atoms with Crippen LogP contribution in [0.5, 0.6) is 0 Å². The van der Waals surface area contributed by atoms with Gasteiger partial charge in [0.1, 0.15) is 17.5 Å². The Hall–Kier alpha value is -2.43. The molecular formula is C13H13FN4. The van der Waals surface area contributed by atoms with E-state index in [-0.39, 0.29) is 11.7 Å². The number of pyridine rings is 1. The third-order valence-corrected chi connectivity index (χ3v) is 2.61. The Balaban J connectivity index is 2.42. The van der Waals surface area contributed by atoms with Crippen LogP contribution in [0.25, 0.3) is 0 Å². The molecule has 4 nitrogen and oxygen atoms in total. The zero-order chi connectivity index (χ0) is 13.1. The van der Waals surface area contributed by atoms with Crippen LogP contribution in [0.3, 0.4) is 0 Å². The fourth-order valence-corrected chi connectivity index (χ4v) is 1.66. The number of anilines is 2. The summed E-state index contributed by atoms with van der Waals surface area (Å²) >= 11 is 0. The number of nitrogens with one attached hydrogen (secondary N) is 1. The van der Waals surface area contributed by atoms with Gasteiger partial charge in [-0.05, 0) is 36.4 Å². The Kier molecular flexibility index (Phi) is 3.23. The van der Waals surface area contributed by atoms with Gasteiger partial charge in [-0.15, -0.1) is 0 Å². The van der Waals surface area contributed by atoms with Gasteiger partial charge in [-0.25, -0.2) is 9.37 Å². The van der Waals surface area contributed by atoms with Crippen molar-refractivity contribution in [1.82, 2.24) is 4.98 Å². The lowest BCUT2D eigenvalue weighted by Crippen LogP contribution is -2.19. The molecule has 18 heavy (non-hydrogen) atoms. The lowest BCUT2D eigenvalue weighted by molar-refractivity contribution is 0.628. The van der Waals surface area contributed by atoms with Gasteiger partial charge in [0.2, 0.25) is 0 Å². The van der Waals surface area contributed by atoms with Crippen LogP contribution in [0.4, 0.5) is 15.9 Å². The van der Waals surface area contributed by atoms with Crippen molar-refractivity contribution in [3.8, 4) is 0 Å². The minimum atomic E-state index is -0.292. The van der Waals surface area contributed by atoms with Crippen LogP contribution in [0, 0.1) is 11.2 Å². The van der Waals surface area contributed by atoms with E-state index < -0.39 is 0 Å². The molecule has 0 spiro atoms. The highest BCUT2D eigenvalue weighted by Crippen LogP contribution is 2.24. The summed E-state index contributed by atoms with van der Waals surface area (Å²) in [4.78, 5) is 5.97. The molecular weight excluding hydrogens is 231 g/mol. The van der Waals surface area contributed by atoms with Gasteiger partial charge in [-0.3, -0.25) is 5.41 Å². The Labute approximate surface area is 104 Å². The minimum absolute atomic E-state index is 0.0490. The molecule has 0 bridgehead atoms. The lowest BCUT2D eigenvalue weighted by Gasteiger charge is -2.20. The molecule has 0 atom stereocenters. The molecule has 0 amide bonds. The molecule has 5 heteroatoms. The highest BCUT2D eigenvalue weighted by atomic mass is 19.1. The number of nitrogen functional groups attached to an aromatic ring is 1. The normalized spacial score (nSPS) is 10.1. The zero-order valence-electron chi connectivity index (χ0n) is 9.89. The fraction of sp³-hybridized carbons (Fsp3) is 0.0769. The second-order valence-electron chi connectivity index (χ2n) is 3.82. The number of nitrogens with two attached hydrogens (primary N) is 1. The average molecular weight is 244 g/mol. The van der Waals surface area contributed by atoms with Gasteiger partial charge in [0.05, 0.1) is 5.56 Å². The van der Waals surface area contributed by atoms with E-state index in [1.54, 1.807) is 42.4 Å². The molecule has 0 saturated carbocycles. The van der Waals surface area contributed by atoms with E-state index in [1.165, 1.54) is 12.1 Å². The molecule has 0 aliphatic carbocycles. The molecule has 1 aromatic carbocycles. The first-order chi connectivity index (χ1) is 8.59. The van der Waals surface area contributed by atoms with Crippen LogP contribution in [0.1, 0.15) is 5.56 Å². The SMILES string of the molecule is CN(c1ccc(F)cc1)c1ncccc1C(=N)N. The predicted molar refractivity (Wildman–Crippen MR) is 69.7 cm³/mol. The van der Waals surface area contributed by atoms with Crippen LogP contribution in [-0.4, -0.2) is 17.9 Å². The second kappa shape index (κ2) is 4.83. The maximum absolute atomic E-state index is 12.9. The smallest absolute Gasteiger partial charge is 0.143 e. The standard InChI is InChI=1S/C13H13FN4/c1-18(10-6-4-9(14)5-7-10)13-11(12(15)16)3-2-8-17-13/h2-8H,1H3,(H3,15,16). The van der Waals surface area contributed by atoms with E-state index in [9.17, 15) is 4.39 Å². The van der Waals surface area contributed by atoms with Gasteiger partial charge in [0, 0.05) is 18.9 Å². The quantitative estimate of drug-likeness (QED) is 0.643. The topological polar surface area (TPSA) is 66.0 Å². The van der Waals surface area contributed by atoms with Crippen molar-refractivity contribution in [3.63, 3.8) is 0 Å². The van der Waals surface area contributed by atoms with E-state index in [4.69, 9.17) is 11.1 Å². The Morgan fingerprint density at radius 3 is 2.56 bits per heavy atom. The van der Waals surface area contributed by atoms with E-state index in [1.807, 2.05) is 0 Å². The summed E-state index contributed by atoms with van der Waals surface area (Å²) in [5, 5.41) is 7.52. The van der Waals surface area contributed by atoms with Crippen LogP contribution in [0.2, 0.25) is 0 Å². The Morgan fingerprint density at radius 2 is 1.94 bits per heavy atom. The van der Waals surface area contributed by atoms with Gasteiger partial charge in [-0.2, -0.15) is 0 Å². The Morgan fingerprint density at radius 1 is 1.28 bits per heavy atom. The van der Waals surface area contributed by atoms with Crippen molar-refractivity contribution in [1.29, 1.82) is 5.41 Å². The number of benzene rings is 1. The van der Waals surface area contributed by atoms with E-state index in [2.05, 4.69) is 4.98 Å². The molecule has 2 rings (SSSR count). The summed E-state index contributed by atoms with van der Waals surface area (Å²) in [5.41, 5.74) is 6.83. The largest absolute Gasteiger partial charge is 0.384 e. The van der Waals surface area contributed by atoms with Crippen molar-refractivity contribution in [3.05, 3.63) is 54.0 Å². The molecule has 92 valence electrons. The number of amidine groups is 1. The number of hydrogen-bond donors (Lipinski definition) is 2. The number of hydrogen-bond acceptors (Lipinski definition) is 3. The molecule has 3 N–H and O–H groups in total. The van der Waals surface area contributed by atoms with Crippen molar-refractivity contribution >= 4 is 17.3 Å². The van der Waals surface area contributed by atoms with Gasteiger partial charge >= 0.3 is 0 Å². The monoisotopic (exact) mass is 244 g/mol. The average Bonchev–Trinajstić information content (AvgIpc) is 2.39. The van der Waals surface area contributed by atoms with Crippen LogP contribution >= 0.6 is 0 Å². The maximum Gasteiger partial charge on any atom is 0.143 e. The number of nitrogens with zero attached hydrogens (tertiary/aromatic N) is 2. The van der Waals surface area contributed by atoms with Crippen molar-refractivity contribution in [2.24, 2.45) is 5.73 Å². The van der Waals surface area contributed by atoms with Crippen LogP contribution in [-0.2, 0) is 0 Å². The van der Waals surface area contributed by atoms with Crippen molar-refractivity contribution in [2.45, 2.75) is 0 Å². The fourth-order valence-electron chi connectivity index (χ4n) is 1.66. The molecule has 0 aliphatic heterocycles. The maximum atomic E-state index is 12.9. The van der Waals surface area contributed by atoms with Gasteiger partial charge in [0.15, 0.2) is 0 Å². The number of rotatable bonds is 3. The molecule has 0 saturated heterocycles. The third kappa shape index (κ3) is 2.29. The van der Waals surface area contributed by atoms with Gasteiger partial charge in [-0.1, -0.05) is 0 Å². The summed E-state index contributed by atoms with van der Waals surface area (Å²) < 4.78 is 12.9. The molecule has 2 aromatic rings. The Bertz CT molecular complexity index is 565. The van der Waals surface area contributed by atoms with Crippen molar-refractivity contribution < 1.29 is 4.39 Å². The first kappa shape index (κ1) is 12.0. The first-order valence-corrected chi connectivity index (χ1v) is 5.38. The third-order valence-electron chi connectivity index (χ3n) is 2.61. The first-order valence-electron chi connectivity index (χ1n) is 5.38. The summed E-state index contributed by atoms with van der Waals surface area (Å²) in [6, 6.07) is 9.50. The predicted octanol–water partition coefficient (Wildman–Crippen LogP) is 2.27. The van der Waals surface area contributed by atoms with Crippen molar-refractivity contribution in [2.75, 3.05) is 11.9 Å². The molecule has 1 heterocycles. The molecule has 0 fully saturated rings. The minimum Gasteiger partial charge on any atom is -0.384 e. The highest BCUT2D eigenvalue weighted by Gasteiger charge is 2.12.